The van der Waals surface area contributed by atoms with Gasteiger partial charge in [-0.25, -0.2) is 9.78 Å². The molecule has 0 aromatic carbocycles. The van der Waals surface area contributed by atoms with E-state index in [1.807, 2.05) is 0 Å². The van der Waals surface area contributed by atoms with Crippen LogP contribution in [0.5, 0.6) is 0 Å². The molecule has 1 aliphatic carbocycles. The van der Waals surface area contributed by atoms with Crippen LogP contribution in [-0.4, -0.2) is 33.6 Å². The molecule has 7 nitrogen and oxygen atoms in total. The second-order valence-corrected chi connectivity index (χ2v) is 8.27. The number of esters is 1. The molecule has 0 saturated heterocycles. The molecule has 2 heterocycles. The lowest BCUT2D eigenvalue weighted by molar-refractivity contribution is -0.122. The summed E-state index contributed by atoms with van der Waals surface area (Å²) in [5.74, 6) is -0.635. The number of carbonyl (C=O) groups excluding carboxylic acids is 2. The van der Waals surface area contributed by atoms with Crippen molar-refractivity contribution in [2.75, 3.05) is 0 Å². The molecule has 146 valence electrons. The van der Waals surface area contributed by atoms with Crippen LogP contribution >= 0.6 is 11.3 Å². The second-order valence-electron chi connectivity index (χ2n) is 7.27. The maximum absolute atomic E-state index is 12.8. The van der Waals surface area contributed by atoms with Crippen molar-refractivity contribution in [2.24, 2.45) is 0 Å². The van der Waals surface area contributed by atoms with Crippen LogP contribution in [0.25, 0.3) is 10.2 Å². The molecule has 1 N–H and O–H groups in total. The molecule has 1 fully saturated rings. The maximum Gasteiger partial charge on any atom is 0.348 e. The van der Waals surface area contributed by atoms with Crippen molar-refractivity contribution < 1.29 is 14.3 Å². The average Bonchev–Trinajstić information content (AvgIpc) is 2.95. The van der Waals surface area contributed by atoms with Crippen LogP contribution in [0.15, 0.2) is 11.1 Å². The fourth-order valence-electron chi connectivity index (χ4n) is 3.41. The molecule has 0 spiro atoms. The number of carbonyl (C=O) groups is 2. The number of hydrogen-bond donors (Lipinski definition) is 1. The van der Waals surface area contributed by atoms with Crippen molar-refractivity contribution in [1.29, 1.82) is 0 Å². The van der Waals surface area contributed by atoms with Gasteiger partial charge in [-0.3, -0.25) is 14.2 Å². The zero-order chi connectivity index (χ0) is 19.6. The Bertz CT molecular complexity index is 910. The zero-order valence-electron chi connectivity index (χ0n) is 15.9. The molecule has 0 aliphatic heterocycles. The lowest BCUT2D eigenvalue weighted by Crippen LogP contribution is -2.39. The topological polar surface area (TPSA) is 90.3 Å². The molecule has 1 amide bonds. The van der Waals surface area contributed by atoms with E-state index >= 15 is 0 Å². The van der Waals surface area contributed by atoms with Crippen LogP contribution in [0.2, 0.25) is 0 Å². The summed E-state index contributed by atoms with van der Waals surface area (Å²) in [5.41, 5.74) is 0.247. The highest BCUT2D eigenvalue weighted by Crippen LogP contribution is 2.27. The third-order valence-electron chi connectivity index (χ3n) is 4.73. The van der Waals surface area contributed by atoms with Crippen molar-refractivity contribution in [3.63, 3.8) is 0 Å². The molecule has 0 bridgehead atoms. The number of hydrogen-bond acceptors (Lipinski definition) is 6. The van der Waals surface area contributed by atoms with Crippen molar-refractivity contribution >= 4 is 33.4 Å². The normalized spacial score (nSPS) is 15.3. The lowest BCUT2D eigenvalue weighted by Gasteiger charge is -2.22. The van der Waals surface area contributed by atoms with Crippen LogP contribution in [0.1, 0.15) is 61.2 Å². The Hall–Kier alpha value is -2.22. The molecule has 2 aromatic heterocycles. The minimum Gasteiger partial charge on any atom is -0.459 e. The van der Waals surface area contributed by atoms with Crippen LogP contribution in [0.3, 0.4) is 0 Å². The highest BCUT2D eigenvalue weighted by atomic mass is 32.1. The molecule has 3 rings (SSSR count). The fourth-order valence-corrected chi connectivity index (χ4v) is 4.43. The molecule has 1 saturated carbocycles. The van der Waals surface area contributed by atoms with E-state index in [1.54, 1.807) is 20.8 Å². The first-order valence-electron chi connectivity index (χ1n) is 9.35. The maximum atomic E-state index is 12.8. The number of fused-ring (bicyclic) bond motifs is 1. The number of ether oxygens (including phenoxy) is 1. The third kappa shape index (κ3) is 4.37. The predicted octanol–water partition coefficient (Wildman–Crippen LogP) is 2.78. The highest BCUT2D eigenvalue weighted by Gasteiger charge is 2.22. The molecule has 1 aliphatic rings. The number of nitrogens with zero attached hydrogens (tertiary/aromatic N) is 2. The standard InChI is InChI=1S/C19H25N3O4S/c1-11(2)26-19(25)16-12(3)15-17(27-16)20-10-22(18(15)24)9-14(23)21-13-7-5-4-6-8-13/h10-11,13H,4-9H2,1-3H3,(H,21,23). The van der Waals surface area contributed by atoms with Gasteiger partial charge in [0.2, 0.25) is 5.91 Å². The SMILES string of the molecule is Cc1c(C(=O)OC(C)C)sc2ncn(CC(=O)NC3CCCCC3)c(=O)c12. The van der Waals surface area contributed by atoms with E-state index in [4.69, 9.17) is 4.74 Å². The van der Waals surface area contributed by atoms with Gasteiger partial charge in [-0.15, -0.1) is 11.3 Å². The molecule has 0 atom stereocenters. The van der Waals surface area contributed by atoms with Crippen molar-refractivity contribution in [2.45, 2.75) is 71.6 Å². The van der Waals surface area contributed by atoms with E-state index in [0.717, 1.165) is 37.0 Å². The summed E-state index contributed by atoms with van der Waals surface area (Å²) in [6.07, 6.45) is 6.58. The summed E-state index contributed by atoms with van der Waals surface area (Å²) in [6, 6.07) is 0.193. The summed E-state index contributed by atoms with van der Waals surface area (Å²) in [4.78, 5) is 42.5. The second kappa shape index (κ2) is 8.21. The molecule has 0 radical (unpaired) electrons. The Labute approximate surface area is 161 Å². The van der Waals surface area contributed by atoms with Gasteiger partial charge in [-0.1, -0.05) is 19.3 Å². The van der Waals surface area contributed by atoms with Crippen molar-refractivity contribution in [3.05, 3.63) is 27.1 Å². The van der Waals surface area contributed by atoms with Gasteiger partial charge in [-0.2, -0.15) is 0 Å². The van der Waals surface area contributed by atoms with Crippen LogP contribution in [-0.2, 0) is 16.1 Å². The summed E-state index contributed by atoms with van der Waals surface area (Å²) in [7, 11) is 0. The predicted molar refractivity (Wildman–Crippen MR) is 104 cm³/mol. The minimum absolute atomic E-state index is 0.0701. The monoisotopic (exact) mass is 391 g/mol. The Morgan fingerprint density at radius 1 is 1.33 bits per heavy atom. The summed E-state index contributed by atoms with van der Waals surface area (Å²) in [6.45, 7) is 5.19. The van der Waals surface area contributed by atoms with Gasteiger partial charge in [-0.05, 0) is 39.2 Å². The third-order valence-corrected chi connectivity index (χ3v) is 5.91. The van der Waals surface area contributed by atoms with Gasteiger partial charge in [0.05, 0.1) is 17.8 Å². The van der Waals surface area contributed by atoms with E-state index in [1.165, 1.54) is 17.3 Å². The Morgan fingerprint density at radius 2 is 2.04 bits per heavy atom. The van der Waals surface area contributed by atoms with Crippen LogP contribution in [0.4, 0.5) is 0 Å². The Balaban J connectivity index is 1.82. The molecule has 8 heteroatoms. The van der Waals surface area contributed by atoms with E-state index in [0.29, 0.717) is 20.7 Å². The quantitative estimate of drug-likeness (QED) is 0.792. The summed E-state index contributed by atoms with van der Waals surface area (Å²) >= 11 is 1.14. The molecule has 27 heavy (non-hydrogen) atoms. The van der Waals surface area contributed by atoms with E-state index < -0.39 is 5.97 Å². The van der Waals surface area contributed by atoms with Gasteiger partial charge in [0.25, 0.3) is 5.56 Å². The number of thiophene rings is 1. The van der Waals surface area contributed by atoms with Crippen molar-refractivity contribution in [1.82, 2.24) is 14.9 Å². The summed E-state index contributed by atoms with van der Waals surface area (Å²) < 4.78 is 6.54. The molecule has 0 unspecified atom stereocenters. The smallest absolute Gasteiger partial charge is 0.348 e. The largest absolute Gasteiger partial charge is 0.459 e. The first kappa shape index (κ1) is 19.5. The lowest BCUT2D eigenvalue weighted by atomic mass is 9.95. The summed E-state index contributed by atoms with van der Waals surface area (Å²) in [5, 5.41) is 3.38. The first-order valence-corrected chi connectivity index (χ1v) is 10.2. The van der Waals surface area contributed by atoms with E-state index in [2.05, 4.69) is 10.3 Å². The van der Waals surface area contributed by atoms with Gasteiger partial charge in [0.15, 0.2) is 0 Å². The number of rotatable bonds is 5. The minimum atomic E-state index is -0.452. The molecular formula is C19H25N3O4S. The van der Waals surface area contributed by atoms with Crippen molar-refractivity contribution in [3.8, 4) is 0 Å². The number of aryl methyl sites for hydroxylation is 1. The number of aromatic nitrogens is 2. The van der Waals surface area contributed by atoms with Crippen LogP contribution < -0.4 is 10.9 Å². The molecular weight excluding hydrogens is 366 g/mol. The number of nitrogens with one attached hydrogen (secondary N) is 1. The highest BCUT2D eigenvalue weighted by molar-refractivity contribution is 7.20. The fraction of sp³-hybridized carbons (Fsp3) is 0.579. The van der Waals surface area contributed by atoms with E-state index in [9.17, 15) is 14.4 Å². The van der Waals surface area contributed by atoms with Gasteiger partial charge in [0, 0.05) is 6.04 Å². The molecule has 2 aromatic rings. The van der Waals surface area contributed by atoms with Crippen LogP contribution in [0, 0.1) is 6.92 Å². The van der Waals surface area contributed by atoms with Gasteiger partial charge < -0.3 is 10.1 Å². The zero-order valence-corrected chi connectivity index (χ0v) is 16.7. The Morgan fingerprint density at radius 3 is 2.70 bits per heavy atom. The van der Waals surface area contributed by atoms with Gasteiger partial charge in [0.1, 0.15) is 16.3 Å². The average molecular weight is 391 g/mol. The van der Waals surface area contributed by atoms with Gasteiger partial charge >= 0.3 is 5.97 Å². The number of amides is 1. The first-order chi connectivity index (χ1) is 12.9. The van der Waals surface area contributed by atoms with E-state index in [-0.39, 0.29) is 30.2 Å². The Kier molecular flexibility index (Phi) is 5.94.